The van der Waals surface area contributed by atoms with Crippen molar-refractivity contribution in [2.24, 2.45) is 0 Å². The van der Waals surface area contributed by atoms with Gasteiger partial charge in [-0.15, -0.1) is 0 Å². The normalized spacial score (nSPS) is 18.9. The summed E-state index contributed by atoms with van der Waals surface area (Å²) in [5, 5.41) is 5.53. The molecule has 0 aliphatic carbocycles. The first-order valence-corrected chi connectivity index (χ1v) is 6.44. The minimum absolute atomic E-state index is 0.0530. The van der Waals surface area contributed by atoms with Gasteiger partial charge in [0.05, 0.1) is 17.9 Å². The summed E-state index contributed by atoms with van der Waals surface area (Å²) in [5.41, 5.74) is 0.207. The highest BCUT2D eigenvalue weighted by Gasteiger charge is 2.17. The number of carbonyl (C=O) groups is 1. The zero-order valence-corrected chi connectivity index (χ0v) is 10.9. The van der Waals surface area contributed by atoms with Crippen molar-refractivity contribution in [2.45, 2.75) is 25.4 Å². The van der Waals surface area contributed by atoms with Gasteiger partial charge in [0.2, 0.25) is 0 Å². The molecule has 1 atom stereocenters. The van der Waals surface area contributed by atoms with Gasteiger partial charge in [0.25, 0.3) is 5.91 Å². The number of nitrogens with one attached hydrogen (secondary N) is 2. The molecule has 0 bridgehead atoms. The van der Waals surface area contributed by atoms with Crippen molar-refractivity contribution in [1.82, 2.24) is 10.3 Å². The van der Waals surface area contributed by atoms with Gasteiger partial charge in [-0.3, -0.25) is 4.79 Å². The number of amides is 1. The second-order valence-electron chi connectivity index (χ2n) is 4.50. The van der Waals surface area contributed by atoms with Crippen LogP contribution < -0.4 is 10.6 Å². The van der Waals surface area contributed by atoms with Gasteiger partial charge in [0.1, 0.15) is 11.6 Å². The molecule has 1 aliphatic rings. The van der Waals surface area contributed by atoms with E-state index in [1.165, 1.54) is 6.07 Å². The molecule has 19 heavy (non-hydrogen) atoms. The summed E-state index contributed by atoms with van der Waals surface area (Å²) in [4.78, 5) is 15.8. The number of hydrogen-bond donors (Lipinski definition) is 2. The van der Waals surface area contributed by atoms with E-state index in [1.807, 2.05) is 0 Å². The molecule has 1 fully saturated rings. The van der Waals surface area contributed by atoms with Crippen molar-refractivity contribution < 1.29 is 13.9 Å². The molecule has 0 aromatic carbocycles. The summed E-state index contributed by atoms with van der Waals surface area (Å²) in [6.45, 7) is 1.18. The van der Waals surface area contributed by atoms with Gasteiger partial charge in [-0.1, -0.05) is 0 Å². The smallest absolute Gasteiger partial charge is 0.255 e. The predicted molar refractivity (Wildman–Crippen MR) is 69.7 cm³/mol. The van der Waals surface area contributed by atoms with Crippen molar-refractivity contribution >= 4 is 11.7 Å². The molecule has 1 amide bonds. The van der Waals surface area contributed by atoms with Crippen LogP contribution in [0.4, 0.5) is 10.2 Å². The van der Waals surface area contributed by atoms with Crippen LogP contribution in [0.5, 0.6) is 0 Å². The van der Waals surface area contributed by atoms with E-state index in [4.69, 9.17) is 4.74 Å². The lowest BCUT2D eigenvalue weighted by Crippen LogP contribution is -2.35. The largest absolute Gasteiger partial charge is 0.376 e. The molecule has 1 aliphatic heterocycles. The number of carbonyl (C=O) groups excluding carboxylic acids is 1. The lowest BCUT2D eigenvalue weighted by Gasteiger charge is -2.22. The number of pyridine rings is 1. The number of hydrogen-bond acceptors (Lipinski definition) is 4. The molecule has 6 heteroatoms. The topological polar surface area (TPSA) is 63.2 Å². The highest BCUT2D eigenvalue weighted by molar-refractivity contribution is 5.98. The first-order chi connectivity index (χ1) is 9.20. The average Bonchev–Trinajstić information content (AvgIpc) is 2.46. The van der Waals surface area contributed by atoms with E-state index in [-0.39, 0.29) is 17.6 Å². The summed E-state index contributed by atoms with van der Waals surface area (Å²) < 4.78 is 18.7. The fraction of sp³-hybridized carbons (Fsp3) is 0.538. The number of nitrogens with zero attached hydrogens (tertiary/aromatic N) is 1. The maximum absolute atomic E-state index is 13.1. The van der Waals surface area contributed by atoms with E-state index >= 15 is 0 Å². The maximum atomic E-state index is 13.1. The van der Waals surface area contributed by atoms with E-state index in [1.54, 1.807) is 7.05 Å². The number of aromatic nitrogens is 1. The van der Waals surface area contributed by atoms with Crippen LogP contribution in [0.25, 0.3) is 0 Å². The predicted octanol–water partition coefficient (Wildman–Crippen LogP) is 1.56. The molecule has 1 aromatic rings. The van der Waals surface area contributed by atoms with Crippen LogP contribution in [0.3, 0.4) is 0 Å². The number of ether oxygens (including phenoxy) is 1. The quantitative estimate of drug-likeness (QED) is 0.869. The molecule has 2 N–H and O–H groups in total. The second-order valence-corrected chi connectivity index (χ2v) is 4.50. The van der Waals surface area contributed by atoms with Gasteiger partial charge in [-0.2, -0.15) is 0 Å². The molecule has 1 saturated heterocycles. The van der Waals surface area contributed by atoms with Crippen molar-refractivity contribution in [1.29, 1.82) is 0 Å². The molecule has 1 aromatic heterocycles. The first-order valence-electron chi connectivity index (χ1n) is 6.44. The monoisotopic (exact) mass is 267 g/mol. The maximum Gasteiger partial charge on any atom is 0.255 e. The van der Waals surface area contributed by atoms with Gasteiger partial charge in [-0.25, -0.2) is 9.37 Å². The summed E-state index contributed by atoms with van der Waals surface area (Å²) >= 11 is 0. The van der Waals surface area contributed by atoms with E-state index in [9.17, 15) is 9.18 Å². The third-order valence-electron chi connectivity index (χ3n) is 3.10. The second kappa shape index (κ2) is 6.47. The fourth-order valence-corrected chi connectivity index (χ4v) is 2.08. The van der Waals surface area contributed by atoms with E-state index < -0.39 is 5.82 Å². The Morgan fingerprint density at radius 1 is 1.58 bits per heavy atom. The van der Waals surface area contributed by atoms with Crippen molar-refractivity contribution in [3.05, 3.63) is 23.6 Å². The van der Waals surface area contributed by atoms with Crippen LogP contribution in [0.1, 0.15) is 29.6 Å². The molecule has 2 rings (SSSR count). The highest BCUT2D eigenvalue weighted by Crippen LogP contribution is 2.14. The summed E-state index contributed by atoms with van der Waals surface area (Å²) in [6, 6.07) is 1.18. The Hall–Kier alpha value is -1.69. The molecule has 1 unspecified atom stereocenters. The Morgan fingerprint density at radius 3 is 3.11 bits per heavy atom. The Morgan fingerprint density at radius 2 is 2.42 bits per heavy atom. The zero-order valence-electron chi connectivity index (χ0n) is 10.9. The molecule has 104 valence electrons. The van der Waals surface area contributed by atoms with E-state index in [0.717, 1.165) is 32.1 Å². The molecule has 5 nitrogen and oxygen atoms in total. The van der Waals surface area contributed by atoms with Gasteiger partial charge >= 0.3 is 0 Å². The zero-order chi connectivity index (χ0) is 13.7. The minimum atomic E-state index is -0.530. The van der Waals surface area contributed by atoms with Gasteiger partial charge in [0, 0.05) is 20.2 Å². The number of anilines is 1. The Balaban J connectivity index is 1.97. The van der Waals surface area contributed by atoms with Crippen LogP contribution >= 0.6 is 0 Å². The van der Waals surface area contributed by atoms with Gasteiger partial charge < -0.3 is 15.4 Å². The molecule has 0 radical (unpaired) electrons. The molecular weight excluding hydrogens is 249 g/mol. The summed E-state index contributed by atoms with van der Waals surface area (Å²) in [7, 11) is 1.64. The Bertz CT molecular complexity index is 448. The number of rotatable bonds is 4. The molecule has 2 heterocycles. The molecule has 0 spiro atoms. The van der Waals surface area contributed by atoms with Crippen LogP contribution in [-0.2, 0) is 4.74 Å². The van der Waals surface area contributed by atoms with Crippen LogP contribution in [0.2, 0.25) is 0 Å². The van der Waals surface area contributed by atoms with E-state index in [2.05, 4.69) is 15.6 Å². The Kier molecular flexibility index (Phi) is 4.68. The summed E-state index contributed by atoms with van der Waals surface area (Å²) in [6.07, 6.45) is 4.26. The molecule has 0 saturated carbocycles. The minimum Gasteiger partial charge on any atom is -0.376 e. The third-order valence-corrected chi connectivity index (χ3v) is 3.10. The van der Waals surface area contributed by atoms with Crippen molar-refractivity contribution in [2.75, 3.05) is 25.5 Å². The molecular formula is C13H18FN3O2. The fourth-order valence-electron chi connectivity index (χ4n) is 2.08. The average molecular weight is 267 g/mol. The Labute approximate surface area is 111 Å². The first kappa shape index (κ1) is 13.7. The summed E-state index contributed by atoms with van der Waals surface area (Å²) in [5.74, 6) is -0.507. The van der Waals surface area contributed by atoms with Crippen LogP contribution in [0.15, 0.2) is 12.3 Å². The number of halogens is 1. The van der Waals surface area contributed by atoms with Gasteiger partial charge in [-0.05, 0) is 25.3 Å². The van der Waals surface area contributed by atoms with Crippen molar-refractivity contribution in [3.63, 3.8) is 0 Å². The highest BCUT2D eigenvalue weighted by atomic mass is 19.1. The van der Waals surface area contributed by atoms with E-state index in [0.29, 0.717) is 12.4 Å². The standard InChI is InChI=1S/C13H18FN3O2/c1-15-12-11(6-9(14)7-16-12)13(18)17-8-10-4-2-3-5-19-10/h6-7,10H,2-5,8H2,1H3,(H,15,16)(H,17,18). The van der Waals surface area contributed by atoms with Crippen LogP contribution in [0, 0.1) is 5.82 Å². The van der Waals surface area contributed by atoms with Crippen molar-refractivity contribution in [3.8, 4) is 0 Å². The van der Waals surface area contributed by atoms with Crippen LogP contribution in [-0.4, -0.2) is 37.2 Å². The SMILES string of the molecule is CNc1ncc(F)cc1C(=O)NCC1CCCCO1. The van der Waals surface area contributed by atoms with Gasteiger partial charge in [0.15, 0.2) is 0 Å². The lowest BCUT2D eigenvalue weighted by atomic mass is 10.1. The lowest BCUT2D eigenvalue weighted by molar-refractivity contribution is 0.0169. The third kappa shape index (κ3) is 3.64.